The summed E-state index contributed by atoms with van der Waals surface area (Å²) in [5, 5.41) is 6.62. The second kappa shape index (κ2) is 6.12. The van der Waals surface area contributed by atoms with Crippen LogP contribution < -0.4 is 0 Å². The molecular weight excluding hydrogens is 262 g/mol. The van der Waals surface area contributed by atoms with Crippen LogP contribution >= 0.6 is 0 Å². The molecule has 0 unspecified atom stereocenters. The van der Waals surface area contributed by atoms with Crippen LogP contribution in [0.4, 0.5) is 0 Å². The Hall–Kier alpha value is -2.10. The summed E-state index contributed by atoms with van der Waals surface area (Å²) in [5.74, 6) is 0.620. The number of benzene rings is 1. The standard InChI is InChI=1S/C17H21N3O/c1-13-4-6-14(7-5-13)11-15-3-2-10-20(12-15)17(21)16-8-9-18-19-16/h4-9,15H,2-3,10-12H2,1H3,(H,18,19)/t15-/m1/s1. The molecule has 110 valence electrons. The van der Waals surface area contributed by atoms with Crippen LogP contribution in [0.5, 0.6) is 0 Å². The lowest BCUT2D eigenvalue weighted by molar-refractivity contribution is 0.0667. The molecule has 1 aliphatic rings. The van der Waals surface area contributed by atoms with Crippen LogP contribution in [0.1, 0.15) is 34.5 Å². The van der Waals surface area contributed by atoms with Gasteiger partial charge in [-0.2, -0.15) is 5.10 Å². The van der Waals surface area contributed by atoms with Gasteiger partial charge in [-0.05, 0) is 43.7 Å². The number of carbonyl (C=O) groups is 1. The van der Waals surface area contributed by atoms with Crippen molar-refractivity contribution in [2.75, 3.05) is 13.1 Å². The van der Waals surface area contributed by atoms with Gasteiger partial charge in [0.1, 0.15) is 5.69 Å². The highest BCUT2D eigenvalue weighted by atomic mass is 16.2. The van der Waals surface area contributed by atoms with Gasteiger partial charge in [0.05, 0.1) is 0 Å². The van der Waals surface area contributed by atoms with E-state index in [1.807, 2.05) is 4.90 Å². The van der Waals surface area contributed by atoms with E-state index < -0.39 is 0 Å². The molecule has 1 aliphatic heterocycles. The fourth-order valence-electron chi connectivity index (χ4n) is 3.02. The van der Waals surface area contributed by atoms with Crippen LogP contribution in [-0.4, -0.2) is 34.1 Å². The lowest BCUT2D eigenvalue weighted by Crippen LogP contribution is -2.40. The minimum absolute atomic E-state index is 0.0705. The normalized spacial score (nSPS) is 18.7. The lowest BCUT2D eigenvalue weighted by atomic mass is 9.91. The van der Waals surface area contributed by atoms with E-state index in [4.69, 9.17) is 0 Å². The summed E-state index contributed by atoms with van der Waals surface area (Å²) in [4.78, 5) is 14.3. The van der Waals surface area contributed by atoms with E-state index >= 15 is 0 Å². The Balaban J connectivity index is 1.63. The van der Waals surface area contributed by atoms with Gasteiger partial charge in [-0.25, -0.2) is 0 Å². The van der Waals surface area contributed by atoms with Crippen LogP contribution in [0.3, 0.4) is 0 Å². The summed E-state index contributed by atoms with van der Waals surface area (Å²) in [6.07, 6.45) is 4.95. The van der Waals surface area contributed by atoms with E-state index in [2.05, 4.69) is 41.4 Å². The number of piperidine rings is 1. The third-order valence-corrected chi connectivity index (χ3v) is 4.18. The Bertz CT molecular complexity index is 589. The smallest absolute Gasteiger partial charge is 0.271 e. The van der Waals surface area contributed by atoms with Crippen LogP contribution in [-0.2, 0) is 6.42 Å². The maximum absolute atomic E-state index is 12.4. The van der Waals surface area contributed by atoms with E-state index in [0.717, 1.165) is 25.9 Å². The first-order valence-corrected chi connectivity index (χ1v) is 7.56. The predicted octanol–water partition coefficient (Wildman–Crippen LogP) is 2.81. The Morgan fingerprint density at radius 2 is 2.14 bits per heavy atom. The quantitative estimate of drug-likeness (QED) is 0.941. The average Bonchev–Trinajstić information content (AvgIpc) is 3.03. The zero-order chi connectivity index (χ0) is 14.7. The molecular formula is C17H21N3O. The second-order valence-corrected chi connectivity index (χ2v) is 5.92. The van der Waals surface area contributed by atoms with Crippen molar-refractivity contribution in [3.8, 4) is 0 Å². The molecule has 2 heterocycles. The maximum atomic E-state index is 12.4. The van der Waals surface area contributed by atoms with E-state index in [1.165, 1.54) is 17.5 Å². The van der Waals surface area contributed by atoms with Crippen LogP contribution in [0, 0.1) is 12.8 Å². The van der Waals surface area contributed by atoms with Crippen molar-refractivity contribution in [3.63, 3.8) is 0 Å². The van der Waals surface area contributed by atoms with Gasteiger partial charge in [0.2, 0.25) is 0 Å². The zero-order valence-corrected chi connectivity index (χ0v) is 12.4. The summed E-state index contributed by atoms with van der Waals surface area (Å²) in [6, 6.07) is 10.5. The minimum Gasteiger partial charge on any atom is -0.337 e. The van der Waals surface area contributed by atoms with E-state index in [-0.39, 0.29) is 5.91 Å². The third kappa shape index (κ3) is 3.32. The zero-order valence-electron chi connectivity index (χ0n) is 12.4. The number of nitrogens with zero attached hydrogens (tertiary/aromatic N) is 2. The van der Waals surface area contributed by atoms with E-state index in [0.29, 0.717) is 11.6 Å². The number of aryl methyl sites for hydroxylation is 1. The van der Waals surface area contributed by atoms with Crippen LogP contribution in [0.15, 0.2) is 36.5 Å². The van der Waals surface area contributed by atoms with E-state index in [9.17, 15) is 4.79 Å². The molecule has 21 heavy (non-hydrogen) atoms. The Kier molecular flexibility index (Phi) is 4.04. The monoisotopic (exact) mass is 283 g/mol. The van der Waals surface area contributed by atoms with Crippen molar-refractivity contribution in [3.05, 3.63) is 53.3 Å². The highest BCUT2D eigenvalue weighted by Crippen LogP contribution is 2.22. The number of likely N-dealkylation sites (tertiary alicyclic amines) is 1. The Labute approximate surface area is 125 Å². The number of nitrogens with one attached hydrogen (secondary N) is 1. The maximum Gasteiger partial charge on any atom is 0.271 e. The van der Waals surface area contributed by atoms with Crippen molar-refractivity contribution in [1.82, 2.24) is 15.1 Å². The molecule has 1 aromatic heterocycles. The lowest BCUT2D eigenvalue weighted by Gasteiger charge is -2.32. The summed E-state index contributed by atoms with van der Waals surface area (Å²) in [5.41, 5.74) is 3.24. The summed E-state index contributed by atoms with van der Waals surface area (Å²) in [6.45, 7) is 3.79. The molecule has 1 fully saturated rings. The molecule has 1 aromatic carbocycles. The summed E-state index contributed by atoms with van der Waals surface area (Å²) in [7, 11) is 0. The number of amides is 1. The fourth-order valence-corrected chi connectivity index (χ4v) is 3.02. The first kappa shape index (κ1) is 13.9. The van der Waals surface area contributed by atoms with Gasteiger partial charge < -0.3 is 4.90 Å². The average molecular weight is 283 g/mol. The van der Waals surface area contributed by atoms with Gasteiger partial charge in [-0.3, -0.25) is 9.89 Å². The van der Waals surface area contributed by atoms with Gasteiger partial charge in [0.15, 0.2) is 0 Å². The second-order valence-electron chi connectivity index (χ2n) is 5.92. The number of hydrogen-bond acceptors (Lipinski definition) is 2. The molecule has 4 nitrogen and oxygen atoms in total. The van der Waals surface area contributed by atoms with Gasteiger partial charge in [0.25, 0.3) is 5.91 Å². The van der Waals surface area contributed by atoms with Crippen molar-refractivity contribution in [2.45, 2.75) is 26.2 Å². The fraction of sp³-hybridized carbons (Fsp3) is 0.412. The molecule has 0 radical (unpaired) electrons. The number of aromatic nitrogens is 2. The molecule has 1 amide bonds. The Morgan fingerprint density at radius 1 is 1.33 bits per heavy atom. The molecule has 0 aliphatic carbocycles. The first-order chi connectivity index (χ1) is 10.2. The summed E-state index contributed by atoms with van der Waals surface area (Å²) < 4.78 is 0. The van der Waals surface area contributed by atoms with E-state index in [1.54, 1.807) is 12.3 Å². The summed E-state index contributed by atoms with van der Waals surface area (Å²) >= 11 is 0. The predicted molar refractivity (Wildman–Crippen MR) is 82.1 cm³/mol. The minimum atomic E-state index is 0.0705. The van der Waals surface area contributed by atoms with Crippen molar-refractivity contribution in [1.29, 1.82) is 0 Å². The van der Waals surface area contributed by atoms with Crippen LogP contribution in [0.25, 0.3) is 0 Å². The molecule has 0 bridgehead atoms. The molecule has 1 atom stereocenters. The van der Waals surface area contributed by atoms with Gasteiger partial charge >= 0.3 is 0 Å². The SMILES string of the molecule is Cc1ccc(C[C@H]2CCCN(C(=O)c3ccn[nH]3)C2)cc1. The number of H-pyrrole nitrogens is 1. The van der Waals surface area contributed by atoms with Crippen LogP contribution in [0.2, 0.25) is 0 Å². The van der Waals surface area contributed by atoms with Crippen molar-refractivity contribution < 1.29 is 4.79 Å². The van der Waals surface area contributed by atoms with Gasteiger partial charge in [-0.15, -0.1) is 0 Å². The molecule has 0 saturated carbocycles. The molecule has 1 N–H and O–H groups in total. The van der Waals surface area contributed by atoms with Crippen molar-refractivity contribution >= 4 is 5.91 Å². The number of hydrogen-bond donors (Lipinski definition) is 1. The number of carbonyl (C=O) groups excluding carboxylic acids is 1. The highest BCUT2D eigenvalue weighted by molar-refractivity contribution is 5.92. The molecule has 2 aromatic rings. The highest BCUT2D eigenvalue weighted by Gasteiger charge is 2.25. The molecule has 3 rings (SSSR count). The third-order valence-electron chi connectivity index (χ3n) is 4.18. The number of rotatable bonds is 3. The topological polar surface area (TPSA) is 49.0 Å². The van der Waals surface area contributed by atoms with Gasteiger partial charge in [0, 0.05) is 19.3 Å². The van der Waals surface area contributed by atoms with Crippen molar-refractivity contribution in [2.24, 2.45) is 5.92 Å². The van der Waals surface area contributed by atoms with Gasteiger partial charge in [-0.1, -0.05) is 29.8 Å². The first-order valence-electron chi connectivity index (χ1n) is 7.56. The number of aromatic amines is 1. The molecule has 4 heteroatoms. The largest absolute Gasteiger partial charge is 0.337 e. The molecule has 1 saturated heterocycles. The molecule has 0 spiro atoms. The Morgan fingerprint density at radius 3 is 2.86 bits per heavy atom.